The summed E-state index contributed by atoms with van der Waals surface area (Å²) < 4.78 is 18.1. The van der Waals surface area contributed by atoms with Crippen molar-refractivity contribution >= 4 is 17.8 Å². The van der Waals surface area contributed by atoms with Crippen molar-refractivity contribution in [1.82, 2.24) is 0 Å². The van der Waals surface area contributed by atoms with Crippen molar-refractivity contribution in [3.63, 3.8) is 0 Å². The van der Waals surface area contributed by atoms with Crippen LogP contribution in [-0.4, -0.2) is 17.9 Å². The summed E-state index contributed by atoms with van der Waals surface area (Å²) in [5.41, 5.74) is 0.943. The fourth-order valence-electron chi connectivity index (χ4n) is 3.33. The molecule has 0 heterocycles. The fourth-order valence-corrected chi connectivity index (χ4v) is 3.33. The van der Waals surface area contributed by atoms with E-state index in [1.807, 2.05) is 19.9 Å². The molecule has 146 valence electrons. The zero-order chi connectivity index (χ0) is 19.6. The molecule has 1 aromatic carbocycles. The Balaban J connectivity index is 1.77. The first-order valence-corrected chi connectivity index (χ1v) is 9.76. The highest BCUT2D eigenvalue weighted by Gasteiger charge is 2.31. The summed E-state index contributed by atoms with van der Waals surface area (Å²) in [7, 11) is 0. The minimum absolute atomic E-state index is 0.0175. The Kier molecular flexibility index (Phi) is 8.43. The molecule has 27 heavy (non-hydrogen) atoms. The number of esters is 1. The summed E-state index contributed by atoms with van der Waals surface area (Å²) in [5.74, 6) is 0.157. The molecule has 0 saturated heterocycles. The zero-order valence-electron chi connectivity index (χ0n) is 16.2. The molecule has 0 aliphatic heterocycles. The lowest BCUT2D eigenvalue weighted by Crippen LogP contribution is -2.12. The summed E-state index contributed by atoms with van der Waals surface area (Å²) >= 11 is 0. The van der Waals surface area contributed by atoms with Gasteiger partial charge >= 0.3 is 5.97 Å². The molecule has 0 bridgehead atoms. The SMILES string of the molecule is CC(C)OC(=O)CCC/C=C\C[C@H]1C(=O)CC[C@@H]1/C=C/c1ccc(F)cc1. The number of hydrogen-bond donors (Lipinski definition) is 0. The molecule has 0 radical (unpaired) electrons. The van der Waals surface area contributed by atoms with E-state index in [-0.39, 0.29) is 29.7 Å². The Morgan fingerprint density at radius 3 is 2.70 bits per heavy atom. The highest BCUT2D eigenvalue weighted by Crippen LogP contribution is 2.33. The normalized spacial score (nSPS) is 20.2. The monoisotopic (exact) mass is 372 g/mol. The number of ketones is 1. The van der Waals surface area contributed by atoms with Crippen molar-refractivity contribution in [2.45, 2.75) is 58.5 Å². The molecule has 2 rings (SSSR count). The third-order valence-electron chi connectivity index (χ3n) is 4.74. The van der Waals surface area contributed by atoms with Gasteiger partial charge in [-0.1, -0.05) is 36.4 Å². The first kappa shape index (κ1) is 21.1. The van der Waals surface area contributed by atoms with Gasteiger partial charge in [0.2, 0.25) is 0 Å². The van der Waals surface area contributed by atoms with Crippen LogP contribution >= 0.6 is 0 Å². The molecular weight excluding hydrogens is 343 g/mol. The van der Waals surface area contributed by atoms with Crippen molar-refractivity contribution in [2.24, 2.45) is 11.8 Å². The molecule has 1 fully saturated rings. The second kappa shape index (κ2) is 10.8. The largest absolute Gasteiger partial charge is 0.463 e. The van der Waals surface area contributed by atoms with E-state index in [2.05, 4.69) is 18.2 Å². The fraction of sp³-hybridized carbons (Fsp3) is 0.478. The average molecular weight is 372 g/mol. The van der Waals surface area contributed by atoms with Gasteiger partial charge in [-0.05, 0) is 63.1 Å². The summed E-state index contributed by atoms with van der Waals surface area (Å²) in [6.07, 6.45) is 12.3. The second-order valence-electron chi connectivity index (χ2n) is 7.32. The number of rotatable bonds is 9. The predicted molar refractivity (Wildman–Crippen MR) is 105 cm³/mol. The number of carbonyl (C=O) groups is 2. The van der Waals surface area contributed by atoms with E-state index in [4.69, 9.17) is 4.74 Å². The van der Waals surface area contributed by atoms with Gasteiger partial charge in [0.25, 0.3) is 0 Å². The number of carbonyl (C=O) groups excluding carboxylic acids is 2. The van der Waals surface area contributed by atoms with Crippen LogP contribution in [0.5, 0.6) is 0 Å². The second-order valence-corrected chi connectivity index (χ2v) is 7.32. The standard InChI is InChI=1S/C23H29FO3/c1-17(2)27-23(26)8-6-4-3-5-7-21-19(13-16-22(21)25)12-9-18-10-14-20(24)15-11-18/h3,5,9-12,14-15,17,19,21H,4,6-8,13,16H2,1-2H3/b5-3-,12-9+/t19-,21+/m0/s1. The molecule has 0 amide bonds. The first-order chi connectivity index (χ1) is 13.0. The topological polar surface area (TPSA) is 43.4 Å². The van der Waals surface area contributed by atoms with Gasteiger partial charge in [0.15, 0.2) is 0 Å². The molecule has 1 aliphatic rings. The molecule has 0 N–H and O–H groups in total. The lowest BCUT2D eigenvalue weighted by molar-refractivity contribution is -0.147. The van der Waals surface area contributed by atoms with E-state index in [0.717, 1.165) is 31.2 Å². The molecule has 1 aliphatic carbocycles. The number of Topliss-reactive ketones (excluding diaryl/α,β-unsaturated/α-hetero) is 1. The lowest BCUT2D eigenvalue weighted by atomic mass is 9.91. The van der Waals surface area contributed by atoms with E-state index in [0.29, 0.717) is 18.6 Å². The van der Waals surface area contributed by atoms with Crippen LogP contribution in [0.3, 0.4) is 0 Å². The zero-order valence-corrected chi connectivity index (χ0v) is 16.2. The molecule has 0 spiro atoms. The minimum Gasteiger partial charge on any atom is -0.463 e. The Morgan fingerprint density at radius 1 is 1.26 bits per heavy atom. The number of benzene rings is 1. The van der Waals surface area contributed by atoms with Gasteiger partial charge < -0.3 is 4.74 Å². The number of ether oxygens (including phenoxy) is 1. The van der Waals surface area contributed by atoms with Gasteiger partial charge in [0.05, 0.1) is 6.10 Å². The molecule has 1 aromatic rings. The van der Waals surface area contributed by atoms with Crippen LogP contribution in [0.15, 0.2) is 42.5 Å². The van der Waals surface area contributed by atoms with Gasteiger partial charge in [0.1, 0.15) is 11.6 Å². The molecule has 3 nitrogen and oxygen atoms in total. The van der Waals surface area contributed by atoms with Crippen molar-refractivity contribution < 1.29 is 18.7 Å². The van der Waals surface area contributed by atoms with Crippen LogP contribution in [0.25, 0.3) is 6.08 Å². The molecule has 0 aromatic heterocycles. The Morgan fingerprint density at radius 2 is 2.00 bits per heavy atom. The summed E-state index contributed by atoms with van der Waals surface area (Å²) in [6, 6.07) is 6.36. The van der Waals surface area contributed by atoms with Crippen LogP contribution in [-0.2, 0) is 14.3 Å². The van der Waals surface area contributed by atoms with Crippen LogP contribution in [0.4, 0.5) is 4.39 Å². The molecular formula is C23H29FO3. The quantitative estimate of drug-likeness (QED) is 0.326. The van der Waals surface area contributed by atoms with Crippen LogP contribution in [0.1, 0.15) is 57.9 Å². The maximum Gasteiger partial charge on any atom is 0.306 e. The third-order valence-corrected chi connectivity index (χ3v) is 4.74. The smallest absolute Gasteiger partial charge is 0.306 e. The van der Waals surface area contributed by atoms with Gasteiger partial charge in [-0.25, -0.2) is 4.39 Å². The first-order valence-electron chi connectivity index (χ1n) is 9.76. The van der Waals surface area contributed by atoms with Gasteiger partial charge in [-0.2, -0.15) is 0 Å². The molecule has 0 unspecified atom stereocenters. The maximum absolute atomic E-state index is 13.0. The summed E-state index contributed by atoms with van der Waals surface area (Å²) in [5, 5.41) is 0. The highest BCUT2D eigenvalue weighted by molar-refractivity contribution is 5.84. The van der Waals surface area contributed by atoms with Crippen molar-refractivity contribution in [3.05, 3.63) is 53.9 Å². The van der Waals surface area contributed by atoms with Crippen LogP contribution < -0.4 is 0 Å². The van der Waals surface area contributed by atoms with E-state index in [9.17, 15) is 14.0 Å². The van der Waals surface area contributed by atoms with Gasteiger partial charge in [-0.15, -0.1) is 0 Å². The third kappa shape index (κ3) is 7.49. The Hall–Kier alpha value is -2.23. The van der Waals surface area contributed by atoms with Gasteiger partial charge in [-0.3, -0.25) is 9.59 Å². The Labute approximate surface area is 161 Å². The van der Waals surface area contributed by atoms with Crippen LogP contribution in [0.2, 0.25) is 0 Å². The van der Waals surface area contributed by atoms with Crippen molar-refractivity contribution in [2.75, 3.05) is 0 Å². The maximum atomic E-state index is 13.0. The van der Waals surface area contributed by atoms with E-state index < -0.39 is 0 Å². The van der Waals surface area contributed by atoms with E-state index in [1.54, 1.807) is 12.1 Å². The van der Waals surface area contributed by atoms with Crippen molar-refractivity contribution in [3.8, 4) is 0 Å². The predicted octanol–water partition coefficient (Wildman–Crippen LogP) is 5.50. The average Bonchev–Trinajstić information content (AvgIpc) is 2.97. The summed E-state index contributed by atoms with van der Waals surface area (Å²) in [6.45, 7) is 3.69. The molecule has 4 heteroatoms. The highest BCUT2D eigenvalue weighted by atomic mass is 19.1. The number of allylic oxidation sites excluding steroid dienone is 3. The molecule has 1 saturated carbocycles. The number of hydrogen-bond acceptors (Lipinski definition) is 3. The minimum atomic E-state index is -0.247. The van der Waals surface area contributed by atoms with Gasteiger partial charge in [0, 0.05) is 18.8 Å². The van der Waals surface area contributed by atoms with E-state index >= 15 is 0 Å². The lowest BCUT2D eigenvalue weighted by Gasteiger charge is -2.12. The molecule has 2 atom stereocenters. The number of halogens is 1. The number of unbranched alkanes of at least 4 members (excludes halogenated alkanes) is 1. The summed E-state index contributed by atoms with van der Waals surface area (Å²) in [4.78, 5) is 23.6. The Bertz CT molecular complexity index is 673. The van der Waals surface area contributed by atoms with E-state index in [1.165, 1.54) is 12.1 Å². The van der Waals surface area contributed by atoms with Crippen LogP contribution in [0, 0.1) is 17.7 Å². The van der Waals surface area contributed by atoms with Crippen molar-refractivity contribution in [1.29, 1.82) is 0 Å².